The molecular formula is C11H23NO3. The van der Waals surface area contributed by atoms with Crippen molar-refractivity contribution in [3.63, 3.8) is 0 Å². The van der Waals surface area contributed by atoms with Crippen LogP contribution in [-0.2, 0) is 9.53 Å². The highest BCUT2D eigenvalue weighted by atomic mass is 16.5. The molecule has 0 heterocycles. The van der Waals surface area contributed by atoms with E-state index in [2.05, 4.69) is 12.2 Å². The quantitative estimate of drug-likeness (QED) is 0.544. The van der Waals surface area contributed by atoms with E-state index in [9.17, 15) is 4.79 Å². The molecule has 1 atom stereocenters. The Labute approximate surface area is 92.0 Å². The predicted molar refractivity (Wildman–Crippen MR) is 60.0 cm³/mol. The summed E-state index contributed by atoms with van der Waals surface area (Å²) in [5, 5.41) is 11.7. The average Bonchev–Trinajstić information content (AvgIpc) is 2.16. The third-order valence-electron chi connectivity index (χ3n) is 2.19. The number of rotatable bonds is 10. The number of hydrogen-bond donors (Lipinski definition) is 2. The number of methoxy groups -OCH3 is 1. The molecule has 0 radical (unpaired) electrons. The summed E-state index contributed by atoms with van der Waals surface area (Å²) >= 11 is 0. The predicted octanol–water partition coefficient (Wildman–Crippen LogP) is 1.50. The number of carboxylic acid groups (broad SMARTS) is 1. The number of unbranched alkanes of at least 4 members (excludes halogenated alkanes) is 2. The van der Waals surface area contributed by atoms with Crippen LogP contribution in [0.2, 0.25) is 0 Å². The van der Waals surface area contributed by atoms with Crippen LogP contribution in [0.1, 0.15) is 32.6 Å². The summed E-state index contributed by atoms with van der Waals surface area (Å²) in [4.78, 5) is 10.2. The van der Waals surface area contributed by atoms with Gasteiger partial charge in [-0.25, -0.2) is 0 Å². The smallest absolute Gasteiger partial charge is 0.303 e. The zero-order chi connectivity index (χ0) is 11.5. The molecule has 0 aromatic heterocycles. The molecule has 0 saturated heterocycles. The van der Waals surface area contributed by atoms with Gasteiger partial charge in [0.05, 0.1) is 0 Å². The van der Waals surface area contributed by atoms with Gasteiger partial charge in [-0.05, 0) is 31.8 Å². The van der Waals surface area contributed by atoms with E-state index in [0.717, 1.165) is 39.0 Å². The topological polar surface area (TPSA) is 58.6 Å². The van der Waals surface area contributed by atoms with Crippen LogP contribution >= 0.6 is 0 Å². The van der Waals surface area contributed by atoms with Crippen LogP contribution in [0.5, 0.6) is 0 Å². The van der Waals surface area contributed by atoms with Crippen LogP contribution in [0.4, 0.5) is 0 Å². The third-order valence-corrected chi connectivity index (χ3v) is 2.19. The van der Waals surface area contributed by atoms with Crippen molar-refractivity contribution in [2.75, 3.05) is 26.8 Å². The van der Waals surface area contributed by atoms with Gasteiger partial charge in [-0.3, -0.25) is 4.79 Å². The number of aliphatic carboxylic acids is 1. The van der Waals surface area contributed by atoms with E-state index in [1.807, 2.05) is 0 Å². The van der Waals surface area contributed by atoms with E-state index < -0.39 is 5.97 Å². The van der Waals surface area contributed by atoms with E-state index in [0.29, 0.717) is 12.3 Å². The van der Waals surface area contributed by atoms with Crippen molar-refractivity contribution in [2.45, 2.75) is 32.6 Å². The molecule has 0 aliphatic rings. The van der Waals surface area contributed by atoms with Gasteiger partial charge in [-0.15, -0.1) is 0 Å². The lowest BCUT2D eigenvalue weighted by Gasteiger charge is -2.10. The summed E-state index contributed by atoms with van der Waals surface area (Å²) in [6.45, 7) is 4.85. The molecule has 4 nitrogen and oxygen atoms in total. The number of carboxylic acids is 1. The molecule has 4 heteroatoms. The first-order valence-electron chi connectivity index (χ1n) is 5.58. The summed E-state index contributed by atoms with van der Waals surface area (Å²) in [5.74, 6) is -0.161. The minimum Gasteiger partial charge on any atom is -0.481 e. The molecule has 0 fully saturated rings. The Morgan fingerprint density at radius 3 is 2.73 bits per heavy atom. The van der Waals surface area contributed by atoms with Crippen molar-refractivity contribution in [1.29, 1.82) is 0 Å². The van der Waals surface area contributed by atoms with Crippen LogP contribution in [0.3, 0.4) is 0 Å². The van der Waals surface area contributed by atoms with E-state index in [-0.39, 0.29) is 0 Å². The molecule has 0 bridgehead atoms. The molecule has 0 amide bonds. The van der Waals surface area contributed by atoms with Gasteiger partial charge >= 0.3 is 5.97 Å². The Bertz CT molecular complexity index is 162. The van der Waals surface area contributed by atoms with Crippen LogP contribution in [0.25, 0.3) is 0 Å². The van der Waals surface area contributed by atoms with Crippen LogP contribution < -0.4 is 5.32 Å². The van der Waals surface area contributed by atoms with Crippen LogP contribution in [0.15, 0.2) is 0 Å². The van der Waals surface area contributed by atoms with Crippen molar-refractivity contribution < 1.29 is 14.6 Å². The first-order chi connectivity index (χ1) is 7.16. The zero-order valence-corrected chi connectivity index (χ0v) is 9.79. The number of nitrogens with one attached hydrogen (secondary N) is 1. The van der Waals surface area contributed by atoms with Gasteiger partial charge in [0.2, 0.25) is 0 Å². The lowest BCUT2D eigenvalue weighted by molar-refractivity contribution is -0.137. The summed E-state index contributed by atoms with van der Waals surface area (Å²) in [7, 11) is 1.71. The fraction of sp³-hybridized carbons (Fsp3) is 0.909. The monoisotopic (exact) mass is 217 g/mol. The van der Waals surface area contributed by atoms with Gasteiger partial charge in [-0.1, -0.05) is 13.3 Å². The highest BCUT2D eigenvalue weighted by Gasteiger charge is 2.00. The third kappa shape index (κ3) is 11.3. The molecule has 0 aliphatic carbocycles. The Morgan fingerprint density at radius 1 is 1.40 bits per heavy atom. The van der Waals surface area contributed by atoms with Gasteiger partial charge < -0.3 is 15.2 Å². The van der Waals surface area contributed by atoms with Crippen LogP contribution in [0, 0.1) is 5.92 Å². The number of ether oxygens (including phenoxy) is 1. The highest BCUT2D eigenvalue weighted by Crippen LogP contribution is 1.99. The Morgan fingerprint density at radius 2 is 2.13 bits per heavy atom. The zero-order valence-electron chi connectivity index (χ0n) is 9.79. The molecule has 0 aromatic rings. The molecule has 0 aromatic carbocycles. The molecule has 15 heavy (non-hydrogen) atoms. The van der Waals surface area contributed by atoms with Gasteiger partial charge in [0.1, 0.15) is 0 Å². The normalized spacial score (nSPS) is 12.7. The van der Waals surface area contributed by atoms with Gasteiger partial charge in [0.15, 0.2) is 0 Å². The summed E-state index contributed by atoms with van der Waals surface area (Å²) < 4.78 is 5.02. The minimum atomic E-state index is -0.698. The van der Waals surface area contributed by atoms with Gasteiger partial charge in [0.25, 0.3) is 0 Å². The highest BCUT2D eigenvalue weighted by molar-refractivity contribution is 5.66. The second-order valence-corrected chi connectivity index (χ2v) is 3.97. The van der Waals surface area contributed by atoms with Crippen molar-refractivity contribution in [3.8, 4) is 0 Å². The average molecular weight is 217 g/mol. The number of hydrogen-bond acceptors (Lipinski definition) is 3. The minimum absolute atomic E-state index is 0.292. The number of carbonyl (C=O) groups is 1. The standard InChI is InChI=1S/C11H23NO3/c1-10(9-15-2)8-12-7-5-3-4-6-11(13)14/h10,12H,3-9H2,1-2H3,(H,13,14). The fourth-order valence-electron chi connectivity index (χ4n) is 1.39. The van der Waals surface area contributed by atoms with E-state index in [1.165, 1.54) is 0 Å². The second kappa shape index (κ2) is 9.93. The lowest BCUT2D eigenvalue weighted by atomic mass is 10.2. The van der Waals surface area contributed by atoms with E-state index >= 15 is 0 Å². The fourth-order valence-corrected chi connectivity index (χ4v) is 1.39. The molecule has 90 valence electrons. The van der Waals surface area contributed by atoms with Crippen LogP contribution in [-0.4, -0.2) is 37.9 Å². The lowest BCUT2D eigenvalue weighted by Crippen LogP contribution is -2.24. The molecule has 0 spiro atoms. The Kier molecular flexibility index (Phi) is 9.52. The molecular weight excluding hydrogens is 194 g/mol. The molecule has 0 saturated carbocycles. The maximum atomic E-state index is 10.2. The summed E-state index contributed by atoms with van der Waals surface area (Å²) in [6.07, 6.45) is 3.11. The molecule has 2 N–H and O–H groups in total. The van der Waals surface area contributed by atoms with E-state index in [1.54, 1.807) is 7.11 Å². The van der Waals surface area contributed by atoms with Gasteiger partial charge in [0, 0.05) is 20.1 Å². The second-order valence-electron chi connectivity index (χ2n) is 3.97. The largest absolute Gasteiger partial charge is 0.481 e. The maximum Gasteiger partial charge on any atom is 0.303 e. The maximum absolute atomic E-state index is 10.2. The van der Waals surface area contributed by atoms with Crippen molar-refractivity contribution in [1.82, 2.24) is 5.32 Å². The van der Waals surface area contributed by atoms with Gasteiger partial charge in [-0.2, -0.15) is 0 Å². The van der Waals surface area contributed by atoms with E-state index in [4.69, 9.17) is 9.84 Å². The van der Waals surface area contributed by atoms with Crippen molar-refractivity contribution in [2.24, 2.45) is 5.92 Å². The first kappa shape index (κ1) is 14.4. The summed E-state index contributed by atoms with van der Waals surface area (Å²) in [5.41, 5.74) is 0. The first-order valence-corrected chi connectivity index (χ1v) is 5.58. The molecule has 1 unspecified atom stereocenters. The molecule has 0 rings (SSSR count). The van der Waals surface area contributed by atoms with Crippen molar-refractivity contribution in [3.05, 3.63) is 0 Å². The Balaban J connectivity index is 3.07. The summed E-state index contributed by atoms with van der Waals surface area (Å²) in [6, 6.07) is 0. The van der Waals surface area contributed by atoms with Crippen molar-refractivity contribution >= 4 is 5.97 Å². The SMILES string of the molecule is COCC(C)CNCCCCCC(=O)O. The Hall–Kier alpha value is -0.610. The molecule has 0 aliphatic heterocycles.